The number of aromatic nitrogens is 6. The SMILES string of the molecule is C=CC(=O)CC1CC(n2cnc3c(F)c(-c4c(O)cccc4F)c(Cl)cc3c2=O)C1.C=CC(=O)CC1CC(n2cnc3c(F)c(-c4c(O)cccc4F)c(Cl)cc3c2=O)C1.C=CC(=O)CC1CC(n2cnc3c(F)c(-c4c(O)cccc4F)c(Cl)cc3c2=O)C1. The first-order valence-corrected chi connectivity index (χ1v) is 29.1. The number of phenolic OH excluding ortho intramolecular Hbond substituents is 3. The van der Waals surface area contributed by atoms with Crippen molar-refractivity contribution >= 4 is 84.9 Å². The summed E-state index contributed by atoms with van der Waals surface area (Å²) in [4.78, 5) is 85.4. The summed E-state index contributed by atoms with van der Waals surface area (Å²) >= 11 is 18.6. The maximum atomic E-state index is 15.2. The minimum Gasteiger partial charge on any atom is -0.507 e. The Morgan fingerprint density at radius 2 is 0.689 bits per heavy atom. The van der Waals surface area contributed by atoms with Gasteiger partial charge < -0.3 is 15.3 Å². The molecule has 24 heteroatoms. The van der Waals surface area contributed by atoms with Gasteiger partial charge in [0.05, 0.1) is 66.9 Å². The first-order valence-electron chi connectivity index (χ1n) is 28.0. The van der Waals surface area contributed by atoms with Gasteiger partial charge in [-0.2, -0.15) is 0 Å². The minimum absolute atomic E-state index is 0.0369. The van der Waals surface area contributed by atoms with Gasteiger partial charge in [0.15, 0.2) is 34.8 Å². The highest BCUT2D eigenvalue weighted by atomic mass is 35.5. The summed E-state index contributed by atoms with van der Waals surface area (Å²) in [6.07, 6.45) is 12.5. The van der Waals surface area contributed by atoms with Crippen LogP contribution in [0.3, 0.4) is 0 Å². The summed E-state index contributed by atoms with van der Waals surface area (Å²) in [5.74, 6) is -6.55. The third-order valence-electron chi connectivity index (χ3n) is 16.6. The zero-order chi connectivity index (χ0) is 64.7. The molecule has 3 heterocycles. The Bertz CT molecular complexity index is 4150. The summed E-state index contributed by atoms with van der Waals surface area (Å²) in [5, 5.41) is 29.3. The number of aromatic hydroxyl groups is 3. The fourth-order valence-electron chi connectivity index (χ4n) is 11.8. The lowest BCUT2D eigenvalue weighted by Crippen LogP contribution is -2.35. The van der Waals surface area contributed by atoms with E-state index in [-0.39, 0.29) is 134 Å². The zero-order valence-electron chi connectivity index (χ0n) is 47.2. The number of benzene rings is 6. The lowest BCUT2D eigenvalue weighted by molar-refractivity contribution is -0.117. The fourth-order valence-corrected chi connectivity index (χ4v) is 12.6. The Kier molecular flexibility index (Phi) is 18.5. The molecule has 0 spiro atoms. The lowest BCUT2D eigenvalue weighted by Gasteiger charge is -2.35. The van der Waals surface area contributed by atoms with Crippen LogP contribution in [0.1, 0.15) is 75.9 Å². The molecule has 3 N–H and O–H groups in total. The molecule has 0 radical (unpaired) electrons. The van der Waals surface area contributed by atoms with Gasteiger partial charge >= 0.3 is 0 Å². The second-order valence-electron chi connectivity index (χ2n) is 22.2. The maximum Gasteiger partial charge on any atom is 0.261 e. The molecule has 0 unspecified atom stereocenters. The number of ketones is 3. The molecule has 3 aliphatic rings. The second-order valence-corrected chi connectivity index (χ2v) is 23.4. The molecule has 3 aromatic heterocycles. The number of phenols is 3. The van der Waals surface area contributed by atoms with Gasteiger partial charge in [0.2, 0.25) is 0 Å². The summed E-state index contributed by atoms with van der Waals surface area (Å²) in [7, 11) is 0. The molecule has 9 aromatic rings. The molecule has 462 valence electrons. The van der Waals surface area contributed by atoms with Crippen molar-refractivity contribution in [1.82, 2.24) is 28.7 Å². The molecule has 0 amide bonds. The van der Waals surface area contributed by atoms with Crippen molar-refractivity contribution in [1.29, 1.82) is 0 Å². The predicted octanol–water partition coefficient (Wildman–Crippen LogP) is 14.4. The first-order chi connectivity index (χ1) is 42.9. The number of fused-ring (bicyclic) bond motifs is 3. The molecule has 90 heavy (non-hydrogen) atoms. The smallest absolute Gasteiger partial charge is 0.261 e. The zero-order valence-corrected chi connectivity index (χ0v) is 49.5. The van der Waals surface area contributed by atoms with E-state index < -0.39 is 68.8 Å². The summed E-state index contributed by atoms with van der Waals surface area (Å²) in [6, 6.07) is 14.0. The molecule has 12 rings (SSSR count). The van der Waals surface area contributed by atoms with Crippen molar-refractivity contribution in [3.05, 3.63) is 211 Å². The van der Waals surface area contributed by atoms with Crippen LogP contribution in [0.4, 0.5) is 26.3 Å². The van der Waals surface area contributed by atoms with E-state index in [0.717, 1.165) is 18.2 Å². The third kappa shape index (κ3) is 12.2. The maximum absolute atomic E-state index is 15.2. The molecule has 0 bridgehead atoms. The number of halogens is 9. The standard InChI is InChI=1S/3C22H17ClF2N2O3/c3*1-2-13(28)8-11-6-12(7-11)27-10-26-21-14(22(27)30)9-15(23)18(20(21)25)19-16(24)4-3-5-17(19)29/h3*2-5,9-12,29H,1,6-8H2. The number of hydrogen-bond acceptors (Lipinski definition) is 12. The van der Waals surface area contributed by atoms with Crippen LogP contribution in [0.15, 0.2) is 144 Å². The Hall–Kier alpha value is -9.18. The molecule has 0 atom stereocenters. The van der Waals surface area contributed by atoms with E-state index in [0.29, 0.717) is 57.8 Å². The normalized spacial score (nSPS) is 18.2. The monoisotopic (exact) mass is 1290 g/mol. The first kappa shape index (κ1) is 63.8. The Morgan fingerprint density at radius 1 is 0.444 bits per heavy atom. The average Bonchev–Trinajstić information content (AvgIpc) is 0.969. The van der Waals surface area contributed by atoms with Gasteiger partial charge in [-0.3, -0.25) is 42.5 Å². The van der Waals surface area contributed by atoms with Crippen LogP contribution in [-0.4, -0.2) is 61.3 Å². The van der Waals surface area contributed by atoms with E-state index in [2.05, 4.69) is 34.7 Å². The number of allylic oxidation sites excluding steroid dienone is 3. The van der Waals surface area contributed by atoms with Crippen LogP contribution in [0.25, 0.3) is 66.1 Å². The van der Waals surface area contributed by atoms with Crippen LogP contribution in [-0.2, 0) is 14.4 Å². The molecule has 3 fully saturated rings. The Morgan fingerprint density at radius 3 is 0.911 bits per heavy atom. The van der Waals surface area contributed by atoms with Gasteiger partial charge in [-0.05, 0) is 129 Å². The highest BCUT2D eigenvalue weighted by Gasteiger charge is 2.36. The highest BCUT2D eigenvalue weighted by molar-refractivity contribution is 6.35. The number of nitrogens with zero attached hydrogens (tertiary/aromatic N) is 6. The molecule has 0 aliphatic heterocycles. The molecule has 6 aromatic carbocycles. The van der Waals surface area contributed by atoms with Gasteiger partial charge in [0, 0.05) is 54.1 Å². The number of carbonyl (C=O) groups excluding carboxylic acids is 3. The van der Waals surface area contributed by atoms with Gasteiger partial charge in [-0.1, -0.05) is 72.7 Å². The summed E-state index contributed by atoms with van der Waals surface area (Å²) in [6.45, 7) is 10.4. The van der Waals surface area contributed by atoms with E-state index in [9.17, 15) is 57.3 Å². The van der Waals surface area contributed by atoms with Crippen molar-refractivity contribution in [2.45, 2.75) is 75.9 Å². The highest BCUT2D eigenvalue weighted by Crippen LogP contribution is 2.46. The van der Waals surface area contributed by atoms with Crippen LogP contribution in [0, 0.1) is 52.7 Å². The molecular weight excluding hydrogens is 1240 g/mol. The Balaban J connectivity index is 0.000000148. The van der Waals surface area contributed by atoms with E-state index in [1.54, 1.807) is 0 Å². The Labute approximate surface area is 522 Å². The van der Waals surface area contributed by atoms with Gasteiger partial charge in [-0.15, -0.1) is 0 Å². The molecule has 3 aliphatic carbocycles. The summed E-state index contributed by atoms with van der Waals surface area (Å²) < 4.78 is 92.6. The van der Waals surface area contributed by atoms with Crippen molar-refractivity contribution in [3.8, 4) is 50.6 Å². The van der Waals surface area contributed by atoms with E-state index in [1.165, 1.54) is 106 Å². The minimum atomic E-state index is -0.981. The third-order valence-corrected chi connectivity index (χ3v) is 17.5. The van der Waals surface area contributed by atoms with Crippen LogP contribution in [0.5, 0.6) is 17.2 Å². The topological polar surface area (TPSA) is 217 Å². The average molecular weight is 1290 g/mol. The quantitative estimate of drug-likeness (QED) is 0.0645. The molecule has 0 saturated heterocycles. The van der Waals surface area contributed by atoms with Crippen molar-refractivity contribution < 1.29 is 56.0 Å². The van der Waals surface area contributed by atoms with Crippen molar-refractivity contribution in [3.63, 3.8) is 0 Å². The van der Waals surface area contributed by atoms with Gasteiger partial charge in [0.1, 0.15) is 51.3 Å². The molecular formula is C66H51Cl3F6N6O9. The largest absolute Gasteiger partial charge is 0.507 e. The molecule has 15 nitrogen and oxygen atoms in total. The van der Waals surface area contributed by atoms with E-state index in [1.807, 2.05) is 0 Å². The lowest BCUT2D eigenvalue weighted by atomic mass is 9.77. The summed E-state index contributed by atoms with van der Waals surface area (Å²) in [5.41, 5.74) is -4.38. The van der Waals surface area contributed by atoms with Crippen molar-refractivity contribution in [2.75, 3.05) is 0 Å². The number of rotatable bonds is 15. The number of carbonyl (C=O) groups is 3. The van der Waals surface area contributed by atoms with Crippen LogP contribution < -0.4 is 16.7 Å². The van der Waals surface area contributed by atoms with Gasteiger partial charge in [0.25, 0.3) is 16.7 Å². The van der Waals surface area contributed by atoms with Crippen LogP contribution in [0.2, 0.25) is 15.1 Å². The van der Waals surface area contributed by atoms with E-state index >= 15 is 13.2 Å². The van der Waals surface area contributed by atoms with Crippen LogP contribution >= 0.6 is 34.8 Å². The predicted molar refractivity (Wildman–Crippen MR) is 329 cm³/mol. The van der Waals surface area contributed by atoms with Gasteiger partial charge in [-0.25, -0.2) is 41.3 Å². The fraction of sp³-hybridized carbons (Fsp3) is 0.227. The number of hydrogen-bond donors (Lipinski definition) is 3. The van der Waals surface area contributed by atoms with E-state index in [4.69, 9.17) is 34.8 Å². The van der Waals surface area contributed by atoms with Crippen molar-refractivity contribution in [2.24, 2.45) is 17.8 Å². The molecule has 3 saturated carbocycles. The second kappa shape index (κ2) is 26.1.